The van der Waals surface area contributed by atoms with E-state index in [1.807, 2.05) is 36.4 Å². The van der Waals surface area contributed by atoms with Crippen molar-refractivity contribution in [3.8, 4) is 5.75 Å². The predicted octanol–water partition coefficient (Wildman–Crippen LogP) is 3.12. The Morgan fingerprint density at radius 2 is 1.77 bits per heavy atom. The van der Waals surface area contributed by atoms with Gasteiger partial charge in [-0.1, -0.05) is 41.9 Å². The number of carbonyl (C=O) groups is 2. The van der Waals surface area contributed by atoms with E-state index in [0.717, 1.165) is 16.8 Å². The third kappa shape index (κ3) is 5.87. The lowest BCUT2D eigenvalue weighted by Crippen LogP contribution is -2.49. The molecule has 0 aromatic heterocycles. The number of thiocarbonyl (C=S) groups is 1. The molecule has 0 aliphatic heterocycles. The van der Waals surface area contributed by atoms with Crippen LogP contribution in [0.15, 0.2) is 60.7 Å². The van der Waals surface area contributed by atoms with Crippen LogP contribution >= 0.6 is 23.8 Å². The number of nitrogens with one attached hydrogen (secondary N) is 3. The van der Waals surface area contributed by atoms with Crippen molar-refractivity contribution in [1.82, 2.24) is 16.2 Å². The second kappa shape index (κ2) is 9.83. The number of carbonyl (C=O) groups excluding carboxylic acids is 2. The molecule has 9 nitrogen and oxygen atoms in total. The number of amides is 2. The molecule has 0 heterocycles. The zero-order valence-electron chi connectivity index (χ0n) is 15.8. The largest absolute Gasteiger partial charge is 0.484 e. The van der Waals surface area contributed by atoms with Gasteiger partial charge in [0.25, 0.3) is 17.5 Å². The summed E-state index contributed by atoms with van der Waals surface area (Å²) < 4.78 is 5.45. The van der Waals surface area contributed by atoms with E-state index in [1.54, 1.807) is 6.07 Å². The summed E-state index contributed by atoms with van der Waals surface area (Å²) in [7, 11) is 0. The minimum atomic E-state index is -0.709. The Balaban J connectivity index is 1.47. The first-order valence-electron chi connectivity index (χ1n) is 8.79. The van der Waals surface area contributed by atoms with Crippen molar-refractivity contribution in [3.05, 3.63) is 81.4 Å². The number of hydrazine groups is 1. The summed E-state index contributed by atoms with van der Waals surface area (Å²) in [6.07, 6.45) is 0. The number of benzene rings is 3. The third-order valence-electron chi connectivity index (χ3n) is 4.04. The van der Waals surface area contributed by atoms with Crippen LogP contribution in [-0.4, -0.2) is 28.5 Å². The summed E-state index contributed by atoms with van der Waals surface area (Å²) >= 11 is 10.6. The maximum atomic E-state index is 12.2. The molecule has 0 unspecified atom stereocenters. The highest BCUT2D eigenvalue weighted by Crippen LogP contribution is 2.25. The summed E-state index contributed by atoms with van der Waals surface area (Å²) in [5.74, 6) is -0.722. The van der Waals surface area contributed by atoms with E-state index >= 15 is 0 Å². The van der Waals surface area contributed by atoms with Crippen LogP contribution in [0.4, 0.5) is 5.69 Å². The summed E-state index contributed by atoms with van der Waals surface area (Å²) in [6.45, 7) is -0.286. The Hall–Kier alpha value is -3.76. The SMILES string of the molecule is O=C(COc1ccc2ccccc2c1)NNC(=S)NC(=O)c1ccc(Cl)c([N+](=O)[O-])c1. The number of nitrogens with zero attached hydrogens (tertiary/aromatic N) is 1. The van der Waals surface area contributed by atoms with Crippen LogP contribution < -0.4 is 20.9 Å². The second-order valence-electron chi connectivity index (χ2n) is 6.18. The monoisotopic (exact) mass is 458 g/mol. The van der Waals surface area contributed by atoms with E-state index in [4.69, 9.17) is 28.6 Å². The van der Waals surface area contributed by atoms with Crippen molar-refractivity contribution < 1.29 is 19.2 Å². The maximum absolute atomic E-state index is 12.2. The first-order valence-corrected chi connectivity index (χ1v) is 9.58. The molecule has 0 fully saturated rings. The fourth-order valence-electron chi connectivity index (χ4n) is 2.57. The smallest absolute Gasteiger partial charge is 0.288 e. The van der Waals surface area contributed by atoms with Crippen LogP contribution in [0.5, 0.6) is 5.75 Å². The van der Waals surface area contributed by atoms with E-state index in [0.29, 0.717) is 5.75 Å². The van der Waals surface area contributed by atoms with E-state index in [2.05, 4.69) is 16.2 Å². The number of hydrogen-bond donors (Lipinski definition) is 3. The molecule has 2 amide bonds. The molecule has 0 atom stereocenters. The molecule has 0 bridgehead atoms. The third-order valence-corrected chi connectivity index (χ3v) is 4.56. The first-order chi connectivity index (χ1) is 14.8. The molecular formula is C20H15ClN4O5S. The highest BCUT2D eigenvalue weighted by molar-refractivity contribution is 7.80. The molecule has 158 valence electrons. The lowest BCUT2D eigenvalue weighted by molar-refractivity contribution is -0.384. The molecular weight excluding hydrogens is 444 g/mol. The van der Waals surface area contributed by atoms with Gasteiger partial charge in [0, 0.05) is 11.6 Å². The molecule has 0 spiro atoms. The minimum absolute atomic E-state index is 0.0220. The number of nitro groups is 1. The standard InChI is InChI=1S/C20H15ClN4O5S/c21-16-8-6-14(10-17(16)25(28)29)19(27)22-20(31)24-23-18(26)11-30-15-7-5-12-3-1-2-4-13(12)9-15/h1-10H,11H2,(H,23,26)(H2,22,24,27,31). The molecule has 3 aromatic rings. The van der Waals surface area contributed by atoms with Gasteiger partial charge in [-0.2, -0.15) is 0 Å². The molecule has 0 aliphatic rings. The Kier molecular flexibility index (Phi) is 6.96. The summed E-state index contributed by atoms with van der Waals surface area (Å²) in [4.78, 5) is 34.3. The number of ether oxygens (including phenoxy) is 1. The van der Waals surface area contributed by atoms with Crippen LogP contribution in [0.2, 0.25) is 5.02 Å². The lowest BCUT2D eigenvalue weighted by Gasteiger charge is -2.12. The van der Waals surface area contributed by atoms with E-state index in [1.165, 1.54) is 12.1 Å². The van der Waals surface area contributed by atoms with Gasteiger partial charge in [0.1, 0.15) is 10.8 Å². The van der Waals surface area contributed by atoms with Crippen LogP contribution in [0.3, 0.4) is 0 Å². The average molecular weight is 459 g/mol. The molecule has 11 heteroatoms. The van der Waals surface area contributed by atoms with Crippen molar-refractivity contribution in [2.24, 2.45) is 0 Å². The van der Waals surface area contributed by atoms with Gasteiger partial charge in [-0.25, -0.2) is 0 Å². The minimum Gasteiger partial charge on any atom is -0.484 e. The van der Waals surface area contributed by atoms with Gasteiger partial charge in [-0.3, -0.25) is 35.9 Å². The lowest BCUT2D eigenvalue weighted by atomic mass is 10.1. The fraction of sp³-hybridized carbons (Fsp3) is 0.0500. The van der Waals surface area contributed by atoms with E-state index < -0.39 is 22.4 Å². The van der Waals surface area contributed by atoms with Gasteiger partial charge in [-0.05, 0) is 47.3 Å². The van der Waals surface area contributed by atoms with Crippen LogP contribution in [0, 0.1) is 10.1 Å². The van der Waals surface area contributed by atoms with Crippen molar-refractivity contribution in [3.63, 3.8) is 0 Å². The van der Waals surface area contributed by atoms with Crippen molar-refractivity contribution in [2.45, 2.75) is 0 Å². The molecule has 3 rings (SSSR count). The molecule has 0 radical (unpaired) electrons. The normalized spacial score (nSPS) is 10.2. The fourth-order valence-corrected chi connectivity index (χ4v) is 2.90. The molecule has 0 aliphatic carbocycles. The Morgan fingerprint density at radius 3 is 2.52 bits per heavy atom. The van der Waals surface area contributed by atoms with Gasteiger partial charge in [0.15, 0.2) is 11.7 Å². The molecule has 0 saturated heterocycles. The zero-order chi connectivity index (χ0) is 22.4. The van der Waals surface area contributed by atoms with Gasteiger partial charge in [-0.15, -0.1) is 0 Å². The molecule has 3 aromatic carbocycles. The number of hydrogen-bond acceptors (Lipinski definition) is 6. The van der Waals surface area contributed by atoms with E-state index in [9.17, 15) is 19.7 Å². The van der Waals surface area contributed by atoms with Crippen LogP contribution in [0.1, 0.15) is 10.4 Å². The molecule has 0 saturated carbocycles. The predicted molar refractivity (Wildman–Crippen MR) is 119 cm³/mol. The second-order valence-corrected chi connectivity index (χ2v) is 6.99. The number of nitro benzene ring substituents is 1. The first kappa shape index (κ1) is 21.9. The Morgan fingerprint density at radius 1 is 1.03 bits per heavy atom. The zero-order valence-corrected chi connectivity index (χ0v) is 17.3. The van der Waals surface area contributed by atoms with Crippen molar-refractivity contribution in [1.29, 1.82) is 0 Å². The maximum Gasteiger partial charge on any atom is 0.288 e. The van der Waals surface area contributed by atoms with Gasteiger partial charge >= 0.3 is 0 Å². The molecule has 3 N–H and O–H groups in total. The summed E-state index contributed by atoms with van der Waals surface area (Å²) in [5, 5.41) is 14.9. The topological polar surface area (TPSA) is 123 Å². The van der Waals surface area contributed by atoms with Gasteiger partial charge in [0.05, 0.1) is 4.92 Å². The Bertz CT molecular complexity index is 1190. The van der Waals surface area contributed by atoms with Crippen molar-refractivity contribution >= 4 is 57.2 Å². The van der Waals surface area contributed by atoms with Gasteiger partial charge in [0.2, 0.25) is 0 Å². The quantitative estimate of drug-likeness (QED) is 0.305. The van der Waals surface area contributed by atoms with Gasteiger partial charge < -0.3 is 4.74 Å². The van der Waals surface area contributed by atoms with Crippen molar-refractivity contribution in [2.75, 3.05) is 6.61 Å². The summed E-state index contributed by atoms with van der Waals surface area (Å²) in [6, 6.07) is 16.7. The highest BCUT2D eigenvalue weighted by Gasteiger charge is 2.17. The van der Waals surface area contributed by atoms with Crippen LogP contribution in [0.25, 0.3) is 10.8 Å². The molecule has 31 heavy (non-hydrogen) atoms. The Labute approximate surface area is 186 Å². The number of halogens is 1. The summed E-state index contributed by atoms with van der Waals surface area (Å²) in [5.41, 5.74) is 4.21. The average Bonchev–Trinajstić information content (AvgIpc) is 2.76. The van der Waals surface area contributed by atoms with Crippen LogP contribution in [-0.2, 0) is 4.79 Å². The number of rotatable bonds is 5. The highest BCUT2D eigenvalue weighted by atomic mass is 35.5. The van der Waals surface area contributed by atoms with E-state index in [-0.39, 0.29) is 22.3 Å². The number of fused-ring (bicyclic) bond motifs is 1.